The minimum atomic E-state index is -0.569. The van der Waals surface area contributed by atoms with Crippen molar-refractivity contribution >= 4 is 17.9 Å². The number of piperidine rings is 1. The van der Waals surface area contributed by atoms with E-state index in [0.29, 0.717) is 6.61 Å². The Labute approximate surface area is 158 Å². The molecule has 2 fully saturated rings. The standard InChI is InChI=1S/C21H24N2O4/c1-11-14(9-24)13-7-19-21(8-17(22-19)15(13)10-27-11)16-5-4-12(26-3)6-18(16)23(2)20(21)25/h4-6,9,13,15,17,19,22H,7-8,10H2,1-3H3/t13-,15+,17+,19+,21+/m1/s1. The highest BCUT2D eigenvalue weighted by atomic mass is 16.5. The molecule has 1 aromatic carbocycles. The first-order valence-corrected chi connectivity index (χ1v) is 9.52. The maximum absolute atomic E-state index is 13.5. The zero-order valence-corrected chi connectivity index (χ0v) is 15.8. The molecular formula is C21H24N2O4. The van der Waals surface area contributed by atoms with Crippen molar-refractivity contribution in [3.05, 3.63) is 35.1 Å². The molecule has 1 spiro atoms. The fraction of sp³-hybridized carbons (Fsp3) is 0.524. The Morgan fingerprint density at radius 3 is 2.96 bits per heavy atom. The number of nitrogens with zero attached hydrogens (tertiary/aromatic N) is 1. The second-order valence-electron chi connectivity index (χ2n) is 8.19. The lowest BCUT2D eigenvalue weighted by Crippen LogP contribution is -2.53. The van der Waals surface area contributed by atoms with E-state index in [0.717, 1.165) is 47.5 Å². The fourth-order valence-electron chi connectivity index (χ4n) is 5.88. The summed E-state index contributed by atoms with van der Waals surface area (Å²) in [4.78, 5) is 27.0. The van der Waals surface area contributed by atoms with E-state index in [-0.39, 0.29) is 29.8 Å². The first-order chi connectivity index (χ1) is 13.0. The van der Waals surface area contributed by atoms with Crippen LogP contribution < -0.4 is 15.0 Å². The number of fused-ring (bicyclic) bond motifs is 7. The minimum absolute atomic E-state index is 0.0224. The van der Waals surface area contributed by atoms with Crippen molar-refractivity contribution in [1.82, 2.24) is 5.32 Å². The second kappa shape index (κ2) is 5.58. The van der Waals surface area contributed by atoms with Crippen LogP contribution in [0, 0.1) is 11.8 Å². The molecule has 5 atom stereocenters. The Morgan fingerprint density at radius 1 is 1.41 bits per heavy atom. The first kappa shape index (κ1) is 16.8. The molecule has 0 saturated carbocycles. The molecule has 0 aliphatic carbocycles. The van der Waals surface area contributed by atoms with Gasteiger partial charge in [-0.05, 0) is 37.3 Å². The molecular weight excluding hydrogens is 344 g/mol. The van der Waals surface area contributed by atoms with E-state index in [4.69, 9.17) is 9.47 Å². The molecule has 4 aliphatic rings. The number of anilines is 1. The highest BCUT2D eigenvalue weighted by Crippen LogP contribution is 2.56. The molecule has 1 amide bonds. The first-order valence-electron chi connectivity index (χ1n) is 9.52. The average Bonchev–Trinajstić information content (AvgIpc) is 3.10. The molecule has 4 heterocycles. The van der Waals surface area contributed by atoms with Crippen LogP contribution in [0.3, 0.4) is 0 Å². The number of carbonyl (C=O) groups is 2. The number of amides is 1. The van der Waals surface area contributed by atoms with Gasteiger partial charge in [0.15, 0.2) is 0 Å². The zero-order chi connectivity index (χ0) is 18.9. The van der Waals surface area contributed by atoms with Gasteiger partial charge < -0.3 is 19.7 Å². The third kappa shape index (κ3) is 1.99. The van der Waals surface area contributed by atoms with Gasteiger partial charge in [0.05, 0.1) is 30.6 Å². The van der Waals surface area contributed by atoms with Crippen molar-refractivity contribution in [2.24, 2.45) is 11.8 Å². The van der Waals surface area contributed by atoms with Crippen LogP contribution in [0.25, 0.3) is 0 Å². The summed E-state index contributed by atoms with van der Waals surface area (Å²) in [5.74, 6) is 2.01. The molecule has 142 valence electrons. The molecule has 1 N–H and O–H groups in total. The molecule has 2 saturated heterocycles. The van der Waals surface area contributed by atoms with Crippen molar-refractivity contribution in [2.75, 3.05) is 25.7 Å². The summed E-state index contributed by atoms with van der Waals surface area (Å²) in [6, 6.07) is 6.12. The van der Waals surface area contributed by atoms with Gasteiger partial charge in [-0.25, -0.2) is 0 Å². The van der Waals surface area contributed by atoms with Crippen molar-refractivity contribution in [2.45, 2.75) is 37.3 Å². The molecule has 2 bridgehead atoms. The summed E-state index contributed by atoms with van der Waals surface area (Å²) >= 11 is 0. The van der Waals surface area contributed by atoms with Gasteiger partial charge >= 0.3 is 0 Å². The van der Waals surface area contributed by atoms with Gasteiger partial charge in [0.1, 0.15) is 12.0 Å². The van der Waals surface area contributed by atoms with Gasteiger partial charge in [0, 0.05) is 36.7 Å². The molecule has 6 nitrogen and oxygen atoms in total. The normalized spacial score (nSPS) is 36.6. The second-order valence-corrected chi connectivity index (χ2v) is 8.19. The van der Waals surface area contributed by atoms with Crippen molar-refractivity contribution < 1.29 is 19.1 Å². The van der Waals surface area contributed by atoms with Gasteiger partial charge in [0.2, 0.25) is 5.91 Å². The highest BCUT2D eigenvalue weighted by Gasteiger charge is 2.64. The Morgan fingerprint density at radius 2 is 2.22 bits per heavy atom. The number of hydrogen-bond acceptors (Lipinski definition) is 5. The van der Waals surface area contributed by atoms with E-state index in [2.05, 4.69) is 5.32 Å². The zero-order valence-electron chi connectivity index (χ0n) is 15.8. The predicted octanol–water partition coefficient (Wildman–Crippen LogP) is 1.78. The lowest BCUT2D eigenvalue weighted by Gasteiger charge is -2.41. The number of ether oxygens (including phenoxy) is 2. The lowest BCUT2D eigenvalue weighted by molar-refractivity contribution is -0.123. The maximum Gasteiger partial charge on any atom is 0.239 e. The molecule has 4 aliphatic heterocycles. The van der Waals surface area contributed by atoms with Crippen LogP contribution in [0.1, 0.15) is 25.3 Å². The van der Waals surface area contributed by atoms with E-state index in [9.17, 15) is 9.59 Å². The number of allylic oxidation sites excluding steroid dienone is 2. The minimum Gasteiger partial charge on any atom is -0.497 e. The molecule has 0 unspecified atom stereocenters. The summed E-state index contributed by atoms with van der Waals surface area (Å²) in [6.45, 7) is 2.48. The Balaban J connectivity index is 1.61. The quantitative estimate of drug-likeness (QED) is 0.806. The third-order valence-corrected chi connectivity index (χ3v) is 7.23. The molecule has 5 rings (SSSR count). The average molecular weight is 368 g/mol. The Hall–Kier alpha value is -2.34. The Kier molecular flexibility index (Phi) is 3.47. The van der Waals surface area contributed by atoms with Crippen LogP contribution in [-0.2, 0) is 19.7 Å². The van der Waals surface area contributed by atoms with Crippen LogP contribution in [0.15, 0.2) is 29.5 Å². The van der Waals surface area contributed by atoms with Crippen LogP contribution in [0.2, 0.25) is 0 Å². The van der Waals surface area contributed by atoms with E-state index in [1.54, 1.807) is 12.0 Å². The summed E-state index contributed by atoms with van der Waals surface area (Å²) in [5, 5.41) is 3.70. The molecule has 6 heteroatoms. The molecule has 0 radical (unpaired) electrons. The van der Waals surface area contributed by atoms with Gasteiger partial charge in [0.25, 0.3) is 0 Å². The monoisotopic (exact) mass is 368 g/mol. The van der Waals surface area contributed by atoms with Crippen molar-refractivity contribution in [3.8, 4) is 5.75 Å². The van der Waals surface area contributed by atoms with E-state index in [1.807, 2.05) is 32.2 Å². The third-order valence-electron chi connectivity index (χ3n) is 7.23. The summed E-state index contributed by atoms with van der Waals surface area (Å²) in [7, 11) is 3.48. The van der Waals surface area contributed by atoms with E-state index >= 15 is 0 Å². The van der Waals surface area contributed by atoms with Gasteiger partial charge in [-0.3, -0.25) is 9.59 Å². The van der Waals surface area contributed by atoms with Gasteiger partial charge in [-0.2, -0.15) is 0 Å². The van der Waals surface area contributed by atoms with Crippen molar-refractivity contribution in [1.29, 1.82) is 0 Å². The van der Waals surface area contributed by atoms with Crippen molar-refractivity contribution in [3.63, 3.8) is 0 Å². The Bertz CT molecular complexity index is 879. The number of nitrogens with one attached hydrogen (secondary N) is 1. The van der Waals surface area contributed by atoms with E-state index in [1.165, 1.54) is 0 Å². The maximum atomic E-state index is 13.5. The summed E-state index contributed by atoms with van der Waals surface area (Å²) in [5.41, 5.74) is 2.20. The molecule has 27 heavy (non-hydrogen) atoms. The van der Waals surface area contributed by atoms with Crippen LogP contribution >= 0.6 is 0 Å². The topological polar surface area (TPSA) is 67.9 Å². The predicted molar refractivity (Wildman–Crippen MR) is 99.7 cm³/mol. The largest absolute Gasteiger partial charge is 0.497 e. The van der Waals surface area contributed by atoms with Crippen LogP contribution in [-0.4, -0.2) is 45.0 Å². The van der Waals surface area contributed by atoms with E-state index < -0.39 is 5.41 Å². The van der Waals surface area contributed by atoms with Gasteiger partial charge in [-0.1, -0.05) is 6.07 Å². The van der Waals surface area contributed by atoms with Crippen LogP contribution in [0.4, 0.5) is 5.69 Å². The summed E-state index contributed by atoms with van der Waals surface area (Å²) < 4.78 is 11.2. The number of aldehydes is 1. The number of likely N-dealkylation sites (N-methyl/N-ethyl adjacent to an activating group) is 1. The SMILES string of the molecule is COc1ccc2c(c1)N(C)C(=O)[C@@]21C[C@@H]2N[C@H]1C[C@@H]1C(C=O)=C(C)OC[C@H]21. The fourth-order valence-corrected chi connectivity index (χ4v) is 5.88. The number of carbonyl (C=O) groups excluding carboxylic acids is 2. The number of rotatable bonds is 2. The van der Waals surface area contributed by atoms with Crippen LogP contribution in [0.5, 0.6) is 5.75 Å². The van der Waals surface area contributed by atoms with Gasteiger partial charge in [-0.15, -0.1) is 0 Å². The molecule has 1 aromatic rings. The number of hydrogen-bond donors (Lipinski definition) is 1. The smallest absolute Gasteiger partial charge is 0.239 e. The highest BCUT2D eigenvalue weighted by molar-refractivity contribution is 6.09. The number of benzene rings is 1. The number of methoxy groups -OCH3 is 1. The summed E-state index contributed by atoms with van der Waals surface area (Å²) in [6.07, 6.45) is 2.47. The molecule has 0 aromatic heterocycles. The lowest BCUT2D eigenvalue weighted by atomic mass is 9.72.